The van der Waals surface area contributed by atoms with Crippen LogP contribution in [0.15, 0.2) is 18.2 Å². The van der Waals surface area contributed by atoms with E-state index in [-0.39, 0.29) is 0 Å². The Kier molecular flexibility index (Phi) is 3.29. The van der Waals surface area contributed by atoms with Gasteiger partial charge in [0.1, 0.15) is 11.5 Å². The summed E-state index contributed by atoms with van der Waals surface area (Å²) in [5.74, 6) is 1.67. The van der Waals surface area contributed by atoms with Crippen LogP contribution in [0.5, 0.6) is 11.5 Å². The molecule has 0 radical (unpaired) electrons. The Morgan fingerprint density at radius 3 is 2.42 bits per heavy atom. The van der Waals surface area contributed by atoms with Crippen molar-refractivity contribution >= 4 is 12.0 Å². The molecule has 66 valence electrons. The molecule has 0 amide bonds. The molecule has 0 bridgehead atoms. The molecule has 0 saturated heterocycles. The SMILES string of the molecule is COc1cc(C)cc(OSC)c1. The van der Waals surface area contributed by atoms with E-state index < -0.39 is 0 Å². The van der Waals surface area contributed by atoms with Gasteiger partial charge in [-0.15, -0.1) is 0 Å². The van der Waals surface area contributed by atoms with Crippen molar-refractivity contribution in [2.75, 3.05) is 13.4 Å². The van der Waals surface area contributed by atoms with Crippen molar-refractivity contribution in [1.29, 1.82) is 0 Å². The average Bonchev–Trinajstić information content (AvgIpc) is 2.04. The number of ether oxygens (including phenoxy) is 1. The zero-order chi connectivity index (χ0) is 8.97. The van der Waals surface area contributed by atoms with Crippen LogP contribution in [0.3, 0.4) is 0 Å². The Labute approximate surface area is 77.1 Å². The number of benzene rings is 1. The quantitative estimate of drug-likeness (QED) is 0.673. The van der Waals surface area contributed by atoms with E-state index >= 15 is 0 Å². The van der Waals surface area contributed by atoms with Crippen LogP contribution < -0.4 is 8.92 Å². The number of hydrogen-bond donors (Lipinski definition) is 0. The second-order valence-electron chi connectivity index (χ2n) is 2.44. The van der Waals surface area contributed by atoms with Crippen molar-refractivity contribution in [3.63, 3.8) is 0 Å². The van der Waals surface area contributed by atoms with E-state index in [0.29, 0.717) is 0 Å². The van der Waals surface area contributed by atoms with Crippen LogP contribution in [0.2, 0.25) is 0 Å². The van der Waals surface area contributed by atoms with Gasteiger partial charge >= 0.3 is 0 Å². The first kappa shape index (κ1) is 9.26. The first-order valence-corrected chi connectivity index (χ1v) is 4.77. The van der Waals surface area contributed by atoms with Gasteiger partial charge in [-0.25, -0.2) is 0 Å². The molecule has 12 heavy (non-hydrogen) atoms. The molecule has 0 aromatic heterocycles. The highest BCUT2D eigenvalue weighted by atomic mass is 32.2. The van der Waals surface area contributed by atoms with Crippen molar-refractivity contribution in [2.45, 2.75) is 6.92 Å². The topological polar surface area (TPSA) is 18.5 Å². The van der Waals surface area contributed by atoms with E-state index in [2.05, 4.69) is 0 Å². The van der Waals surface area contributed by atoms with Gasteiger partial charge in [-0.1, -0.05) is 0 Å². The molecule has 1 aromatic carbocycles. The number of aryl methyl sites for hydroxylation is 1. The van der Waals surface area contributed by atoms with Crippen molar-refractivity contribution in [3.8, 4) is 11.5 Å². The maximum absolute atomic E-state index is 5.27. The van der Waals surface area contributed by atoms with Gasteiger partial charge in [-0.2, -0.15) is 0 Å². The summed E-state index contributed by atoms with van der Waals surface area (Å²) in [7, 11) is 1.65. The van der Waals surface area contributed by atoms with E-state index in [1.807, 2.05) is 31.4 Å². The second-order valence-corrected chi connectivity index (χ2v) is 2.94. The van der Waals surface area contributed by atoms with Crippen LogP contribution >= 0.6 is 12.0 Å². The minimum atomic E-state index is 0.832. The lowest BCUT2D eigenvalue weighted by Crippen LogP contribution is -1.86. The van der Waals surface area contributed by atoms with Gasteiger partial charge in [0.25, 0.3) is 0 Å². The minimum Gasteiger partial charge on any atom is -0.497 e. The molecule has 0 fully saturated rings. The lowest BCUT2D eigenvalue weighted by atomic mass is 10.2. The van der Waals surface area contributed by atoms with Crippen LogP contribution in [0.4, 0.5) is 0 Å². The van der Waals surface area contributed by atoms with Crippen molar-refractivity contribution in [1.82, 2.24) is 0 Å². The summed E-state index contributed by atoms with van der Waals surface area (Å²) < 4.78 is 10.4. The van der Waals surface area contributed by atoms with E-state index in [0.717, 1.165) is 17.1 Å². The number of rotatable bonds is 3. The van der Waals surface area contributed by atoms with Gasteiger partial charge in [0.15, 0.2) is 0 Å². The van der Waals surface area contributed by atoms with E-state index in [1.165, 1.54) is 12.0 Å². The van der Waals surface area contributed by atoms with Gasteiger partial charge < -0.3 is 8.92 Å². The lowest BCUT2D eigenvalue weighted by Gasteiger charge is -2.05. The fourth-order valence-corrected chi connectivity index (χ4v) is 1.26. The molecule has 0 atom stereocenters. The molecule has 2 nitrogen and oxygen atoms in total. The molecule has 1 aromatic rings. The van der Waals surface area contributed by atoms with Gasteiger partial charge in [-0.3, -0.25) is 0 Å². The Morgan fingerprint density at radius 2 is 1.83 bits per heavy atom. The third-order valence-corrected chi connectivity index (χ3v) is 1.80. The van der Waals surface area contributed by atoms with E-state index in [4.69, 9.17) is 8.92 Å². The third kappa shape index (κ3) is 2.34. The molecule has 1 rings (SSSR count). The summed E-state index contributed by atoms with van der Waals surface area (Å²) in [4.78, 5) is 0. The van der Waals surface area contributed by atoms with E-state index in [9.17, 15) is 0 Å². The largest absolute Gasteiger partial charge is 0.497 e. The van der Waals surface area contributed by atoms with Crippen molar-refractivity contribution in [2.24, 2.45) is 0 Å². The van der Waals surface area contributed by atoms with E-state index in [1.54, 1.807) is 7.11 Å². The maximum Gasteiger partial charge on any atom is 0.141 e. The highest BCUT2D eigenvalue weighted by Gasteiger charge is 1.98. The summed E-state index contributed by atoms with van der Waals surface area (Å²) in [6, 6.07) is 5.80. The molecule has 3 heteroatoms. The lowest BCUT2D eigenvalue weighted by molar-refractivity contribution is 0.412. The van der Waals surface area contributed by atoms with Gasteiger partial charge in [0.05, 0.1) is 19.2 Å². The summed E-state index contributed by atoms with van der Waals surface area (Å²) >= 11 is 1.33. The zero-order valence-electron chi connectivity index (χ0n) is 7.46. The van der Waals surface area contributed by atoms with Crippen LogP contribution in [-0.4, -0.2) is 13.4 Å². The smallest absolute Gasteiger partial charge is 0.141 e. The molecule has 0 heterocycles. The molecule has 0 N–H and O–H groups in total. The zero-order valence-corrected chi connectivity index (χ0v) is 8.27. The molecule has 0 aliphatic carbocycles. The Balaban J connectivity index is 2.90. The Hall–Kier alpha value is -0.830. The molecule has 0 aliphatic heterocycles. The predicted molar refractivity (Wildman–Crippen MR) is 51.9 cm³/mol. The fourth-order valence-electron chi connectivity index (χ4n) is 0.976. The summed E-state index contributed by atoms with van der Waals surface area (Å²) in [5.41, 5.74) is 1.14. The maximum atomic E-state index is 5.27. The second kappa shape index (κ2) is 4.26. The minimum absolute atomic E-state index is 0.832. The molecule has 0 aliphatic rings. The van der Waals surface area contributed by atoms with Gasteiger partial charge in [0, 0.05) is 12.3 Å². The summed E-state index contributed by atoms with van der Waals surface area (Å²) in [6.45, 7) is 2.01. The monoisotopic (exact) mass is 184 g/mol. The highest BCUT2D eigenvalue weighted by molar-refractivity contribution is 7.94. The van der Waals surface area contributed by atoms with Gasteiger partial charge in [-0.05, 0) is 24.6 Å². The average molecular weight is 184 g/mol. The normalized spacial score (nSPS) is 9.58. The standard InChI is InChI=1S/C9H12O2S/c1-7-4-8(10-2)6-9(5-7)11-12-3/h4-6H,1-3H3. The first-order valence-electron chi connectivity index (χ1n) is 3.62. The van der Waals surface area contributed by atoms with Crippen LogP contribution in [-0.2, 0) is 0 Å². The molecule has 0 spiro atoms. The number of methoxy groups -OCH3 is 1. The van der Waals surface area contributed by atoms with Crippen molar-refractivity contribution in [3.05, 3.63) is 23.8 Å². The highest BCUT2D eigenvalue weighted by Crippen LogP contribution is 2.23. The Bertz CT molecular complexity index is 261. The third-order valence-electron chi connectivity index (χ3n) is 1.44. The Morgan fingerprint density at radius 1 is 1.17 bits per heavy atom. The molecular weight excluding hydrogens is 172 g/mol. The van der Waals surface area contributed by atoms with Crippen LogP contribution in [0.25, 0.3) is 0 Å². The first-order chi connectivity index (χ1) is 5.76. The number of hydrogen-bond acceptors (Lipinski definition) is 3. The van der Waals surface area contributed by atoms with Crippen molar-refractivity contribution < 1.29 is 8.92 Å². The van der Waals surface area contributed by atoms with Crippen LogP contribution in [0.1, 0.15) is 5.56 Å². The van der Waals surface area contributed by atoms with Gasteiger partial charge in [0.2, 0.25) is 0 Å². The van der Waals surface area contributed by atoms with Crippen LogP contribution in [0, 0.1) is 6.92 Å². The molecule has 0 saturated carbocycles. The fraction of sp³-hybridized carbons (Fsp3) is 0.333. The summed E-state index contributed by atoms with van der Waals surface area (Å²) in [6.07, 6.45) is 1.88. The molecule has 0 unspecified atom stereocenters. The summed E-state index contributed by atoms with van der Waals surface area (Å²) in [5, 5.41) is 0. The predicted octanol–water partition coefficient (Wildman–Crippen LogP) is 2.66. The molecular formula is C9H12O2S.